The van der Waals surface area contributed by atoms with E-state index in [0.717, 1.165) is 13.0 Å². The average molecular weight is 353 g/mol. The van der Waals surface area contributed by atoms with Crippen molar-refractivity contribution < 1.29 is 32.2 Å². The van der Waals surface area contributed by atoms with Crippen molar-refractivity contribution >= 4 is 11.9 Å². The van der Waals surface area contributed by atoms with E-state index in [2.05, 4.69) is 5.32 Å². The van der Waals surface area contributed by atoms with Gasteiger partial charge in [-0.2, -0.15) is 0 Å². The van der Waals surface area contributed by atoms with Crippen LogP contribution in [-0.2, 0) is 14.3 Å². The highest BCUT2D eigenvalue weighted by atomic mass is 19.1. The lowest BCUT2D eigenvalue weighted by Crippen LogP contribution is -2.28. The number of hydrogen-bond acceptors (Lipinski definition) is 5. The molecule has 0 saturated heterocycles. The topological polar surface area (TPSA) is 64.6 Å². The highest BCUT2D eigenvalue weighted by Crippen LogP contribution is 2.33. The lowest BCUT2D eigenvalue weighted by Gasteiger charge is -2.20. The Balaban J connectivity index is 1.88. The molecule has 0 amide bonds. The second kappa shape index (κ2) is 6.62. The van der Waals surface area contributed by atoms with Crippen LogP contribution in [0.25, 0.3) is 0 Å². The summed E-state index contributed by atoms with van der Waals surface area (Å²) in [7, 11) is 0. The molecule has 0 spiro atoms. The lowest BCUT2D eigenvalue weighted by molar-refractivity contribution is -0.136. The third kappa shape index (κ3) is 3.11. The fraction of sp³-hybridized carbons (Fsp3) is 0.294. The van der Waals surface area contributed by atoms with Crippen LogP contribution < -0.4 is 10.1 Å². The number of carbonyl (C=O) groups excluding carboxylic acids is 2. The number of ether oxygens (including phenoxy) is 2. The van der Waals surface area contributed by atoms with Crippen LogP contribution in [0.5, 0.6) is 5.75 Å². The van der Waals surface area contributed by atoms with Gasteiger partial charge in [0, 0.05) is 6.42 Å². The van der Waals surface area contributed by atoms with Gasteiger partial charge in [0.2, 0.25) is 0 Å². The largest absolute Gasteiger partial charge is 0.456 e. The third-order valence-electron chi connectivity index (χ3n) is 3.97. The molecule has 2 aliphatic rings. The first kappa shape index (κ1) is 17.1. The van der Waals surface area contributed by atoms with E-state index < -0.39 is 36.2 Å². The SMILES string of the molecule is C[C@@H](F)c1c(F)cccc1OC(=O)C1=C(CF)NC2=C(C1)C(=O)OC2. The summed E-state index contributed by atoms with van der Waals surface area (Å²) in [6.07, 6.45) is -1.88. The summed E-state index contributed by atoms with van der Waals surface area (Å²) in [5.41, 5.74) is 0.0258. The zero-order chi connectivity index (χ0) is 18.1. The van der Waals surface area contributed by atoms with E-state index in [1.54, 1.807) is 0 Å². The molecule has 0 bridgehead atoms. The van der Waals surface area contributed by atoms with Crippen LogP contribution in [0.3, 0.4) is 0 Å². The summed E-state index contributed by atoms with van der Waals surface area (Å²) < 4.78 is 50.6. The van der Waals surface area contributed by atoms with Crippen molar-refractivity contribution in [1.82, 2.24) is 5.32 Å². The van der Waals surface area contributed by atoms with Gasteiger partial charge >= 0.3 is 11.9 Å². The maximum absolute atomic E-state index is 13.8. The van der Waals surface area contributed by atoms with E-state index in [-0.39, 0.29) is 35.6 Å². The molecular formula is C17H14F3NO4. The molecule has 5 nitrogen and oxygen atoms in total. The van der Waals surface area contributed by atoms with Crippen molar-refractivity contribution in [2.45, 2.75) is 19.5 Å². The summed E-state index contributed by atoms with van der Waals surface area (Å²) in [4.78, 5) is 24.0. The number of halogens is 3. The molecule has 0 radical (unpaired) electrons. The summed E-state index contributed by atoms with van der Waals surface area (Å²) in [5.74, 6) is -2.74. The van der Waals surface area contributed by atoms with Crippen LogP contribution in [0.15, 0.2) is 40.7 Å². The van der Waals surface area contributed by atoms with Gasteiger partial charge in [0.15, 0.2) is 0 Å². The van der Waals surface area contributed by atoms with Gasteiger partial charge in [-0.05, 0) is 19.1 Å². The summed E-state index contributed by atoms with van der Waals surface area (Å²) in [5, 5.41) is 2.65. The van der Waals surface area contributed by atoms with Crippen molar-refractivity contribution in [1.29, 1.82) is 0 Å². The molecule has 25 heavy (non-hydrogen) atoms. The normalized spacial score (nSPS) is 17.8. The Morgan fingerprint density at radius 2 is 2.20 bits per heavy atom. The molecule has 1 atom stereocenters. The number of hydrogen-bond donors (Lipinski definition) is 1. The highest BCUT2D eigenvalue weighted by Gasteiger charge is 2.34. The standard InChI is InChI=1S/C17H14F3NO4/c1-8(19)15-11(20)3-2-4-14(15)25-17(23)9-5-10-13(7-24-16(10)22)21-12(9)6-18/h2-4,8,21H,5-7H2,1H3/t8-/m1/s1. The van der Waals surface area contributed by atoms with Gasteiger partial charge in [-0.3, -0.25) is 0 Å². The van der Waals surface area contributed by atoms with E-state index in [4.69, 9.17) is 9.47 Å². The molecule has 0 unspecified atom stereocenters. The number of nitrogens with one attached hydrogen (secondary N) is 1. The number of rotatable bonds is 4. The third-order valence-corrected chi connectivity index (χ3v) is 3.97. The first-order chi connectivity index (χ1) is 11.9. The molecule has 132 valence electrons. The summed E-state index contributed by atoms with van der Waals surface area (Å²) >= 11 is 0. The minimum Gasteiger partial charge on any atom is -0.456 e. The Morgan fingerprint density at radius 1 is 1.44 bits per heavy atom. The molecule has 1 N–H and O–H groups in total. The fourth-order valence-corrected chi connectivity index (χ4v) is 2.73. The van der Waals surface area contributed by atoms with Crippen LogP contribution in [0.4, 0.5) is 13.2 Å². The van der Waals surface area contributed by atoms with Crippen molar-refractivity contribution in [3.63, 3.8) is 0 Å². The van der Waals surface area contributed by atoms with Crippen LogP contribution in [-0.4, -0.2) is 25.2 Å². The number of alkyl halides is 2. The van der Waals surface area contributed by atoms with Gasteiger partial charge in [-0.25, -0.2) is 22.8 Å². The van der Waals surface area contributed by atoms with Crippen LogP contribution >= 0.6 is 0 Å². The molecule has 1 aromatic carbocycles. The fourth-order valence-electron chi connectivity index (χ4n) is 2.73. The summed E-state index contributed by atoms with van der Waals surface area (Å²) in [6, 6.07) is 3.55. The second-order valence-corrected chi connectivity index (χ2v) is 5.58. The lowest BCUT2D eigenvalue weighted by atomic mass is 9.99. The Labute approximate surface area is 141 Å². The quantitative estimate of drug-likeness (QED) is 0.666. The van der Waals surface area contributed by atoms with Crippen molar-refractivity contribution in [3.8, 4) is 5.75 Å². The van der Waals surface area contributed by atoms with Crippen LogP contribution in [0.2, 0.25) is 0 Å². The molecule has 0 fully saturated rings. The highest BCUT2D eigenvalue weighted by molar-refractivity contribution is 5.98. The van der Waals surface area contributed by atoms with Gasteiger partial charge in [0.1, 0.15) is 31.0 Å². The van der Waals surface area contributed by atoms with E-state index in [0.29, 0.717) is 5.70 Å². The molecule has 0 aromatic heterocycles. The van der Waals surface area contributed by atoms with E-state index in [9.17, 15) is 22.8 Å². The van der Waals surface area contributed by atoms with Gasteiger partial charge in [-0.15, -0.1) is 0 Å². The van der Waals surface area contributed by atoms with E-state index in [1.165, 1.54) is 12.1 Å². The molecule has 0 saturated carbocycles. The number of cyclic esters (lactones) is 1. The number of esters is 2. The van der Waals surface area contributed by atoms with E-state index in [1.807, 2.05) is 0 Å². The monoisotopic (exact) mass is 353 g/mol. The molecule has 3 rings (SSSR count). The van der Waals surface area contributed by atoms with Gasteiger partial charge in [-0.1, -0.05) is 6.07 Å². The minimum atomic E-state index is -1.71. The van der Waals surface area contributed by atoms with Gasteiger partial charge in [0.05, 0.1) is 28.1 Å². The Morgan fingerprint density at radius 3 is 2.88 bits per heavy atom. The zero-order valence-corrected chi connectivity index (χ0v) is 13.2. The number of allylic oxidation sites excluding steroid dienone is 1. The summed E-state index contributed by atoms with van der Waals surface area (Å²) in [6.45, 7) is 0.0914. The predicted octanol–water partition coefficient (Wildman–Crippen LogP) is 2.79. The molecule has 0 aliphatic carbocycles. The molecule has 1 aromatic rings. The number of carbonyl (C=O) groups is 2. The Kier molecular flexibility index (Phi) is 4.52. The zero-order valence-electron chi connectivity index (χ0n) is 13.2. The number of benzene rings is 1. The molecule has 2 heterocycles. The first-order valence-electron chi connectivity index (χ1n) is 7.51. The smallest absolute Gasteiger partial charge is 0.341 e. The second-order valence-electron chi connectivity index (χ2n) is 5.58. The van der Waals surface area contributed by atoms with Gasteiger partial charge in [0.25, 0.3) is 0 Å². The van der Waals surface area contributed by atoms with Crippen molar-refractivity contribution in [2.24, 2.45) is 0 Å². The molecule has 2 aliphatic heterocycles. The average Bonchev–Trinajstić information content (AvgIpc) is 2.93. The molecule has 8 heteroatoms. The first-order valence-corrected chi connectivity index (χ1v) is 7.51. The van der Waals surface area contributed by atoms with Crippen molar-refractivity contribution in [3.05, 3.63) is 52.1 Å². The Hall–Kier alpha value is -2.77. The van der Waals surface area contributed by atoms with Gasteiger partial charge < -0.3 is 14.8 Å². The Bertz CT molecular complexity index is 814. The van der Waals surface area contributed by atoms with Crippen LogP contribution in [0.1, 0.15) is 25.1 Å². The van der Waals surface area contributed by atoms with Crippen LogP contribution in [0, 0.1) is 5.82 Å². The molecular weight excluding hydrogens is 339 g/mol. The predicted molar refractivity (Wildman–Crippen MR) is 80.3 cm³/mol. The van der Waals surface area contributed by atoms with Crippen molar-refractivity contribution in [2.75, 3.05) is 13.3 Å². The number of dihydropyridines is 1. The maximum Gasteiger partial charge on any atom is 0.341 e. The van der Waals surface area contributed by atoms with E-state index >= 15 is 0 Å². The minimum absolute atomic E-state index is 0.0204. The maximum atomic E-state index is 13.8.